The number of rotatable bonds is 2. The van der Waals surface area contributed by atoms with Gasteiger partial charge in [-0.1, -0.05) is 31.9 Å². The molecule has 84 valence electrons. The summed E-state index contributed by atoms with van der Waals surface area (Å²) >= 11 is 6.66. The molecule has 1 saturated carbocycles. The number of hydrogen-bond donors (Lipinski definition) is 4. The molecule has 0 spiro atoms. The van der Waals surface area contributed by atoms with Gasteiger partial charge in [0.1, 0.15) is 0 Å². The summed E-state index contributed by atoms with van der Waals surface area (Å²) in [6.45, 7) is 0. The van der Waals surface area contributed by atoms with Crippen LogP contribution in [0.15, 0.2) is 0 Å². The minimum atomic E-state index is -1.36. The Morgan fingerprint density at radius 2 is 1.07 bits per heavy atom. The molecule has 1 aliphatic rings. The van der Waals surface area contributed by atoms with Crippen LogP contribution in [0, 0.1) is 11.8 Å². The maximum atomic E-state index is 9.07. The Hall–Kier alpha value is 0.800. The standard InChI is InChI=1S/C8H14Br2O4/c9-5-1-3(7(11)12)6(10)2-4(5)8(13)14/h3-8,11-14H,1-2H2. The average Bonchev–Trinajstić information content (AvgIpc) is 2.07. The fourth-order valence-electron chi connectivity index (χ4n) is 1.78. The molecule has 0 aromatic heterocycles. The number of alkyl halides is 2. The number of halogens is 2. The van der Waals surface area contributed by atoms with Crippen LogP contribution in [0.25, 0.3) is 0 Å². The molecule has 0 amide bonds. The van der Waals surface area contributed by atoms with Gasteiger partial charge in [0.15, 0.2) is 12.6 Å². The lowest BCUT2D eigenvalue weighted by atomic mass is 9.81. The van der Waals surface area contributed by atoms with E-state index in [2.05, 4.69) is 31.9 Å². The van der Waals surface area contributed by atoms with Gasteiger partial charge in [-0.15, -0.1) is 0 Å². The predicted molar refractivity (Wildman–Crippen MR) is 58.1 cm³/mol. The Bertz CT molecular complexity index is 168. The molecule has 0 aromatic rings. The lowest BCUT2D eigenvalue weighted by Gasteiger charge is -2.38. The van der Waals surface area contributed by atoms with E-state index < -0.39 is 12.6 Å². The van der Waals surface area contributed by atoms with Crippen LogP contribution in [-0.2, 0) is 0 Å². The van der Waals surface area contributed by atoms with Crippen molar-refractivity contribution in [2.45, 2.75) is 35.1 Å². The van der Waals surface area contributed by atoms with E-state index in [1.54, 1.807) is 0 Å². The zero-order chi connectivity index (χ0) is 10.9. The van der Waals surface area contributed by atoms with E-state index in [-0.39, 0.29) is 21.5 Å². The maximum Gasteiger partial charge on any atom is 0.155 e. The highest BCUT2D eigenvalue weighted by molar-refractivity contribution is 9.10. The first-order valence-corrected chi connectivity index (χ1v) is 6.27. The highest BCUT2D eigenvalue weighted by atomic mass is 79.9. The molecule has 6 heteroatoms. The van der Waals surface area contributed by atoms with E-state index in [0.717, 1.165) is 0 Å². The topological polar surface area (TPSA) is 80.9 Å². The summed E-state index contributed by atoms with van der Waals surface area (Å²) in [5.41, 5.74) is 0. The molecule has 0 heterocycles. The van der Waals surface area contributed by atoms with Crippen LogP contribution < -0.4 is 0 Å². The van der Waals surface area contributed by atoms with Gasteiger partial charge in [0.05, 0.1) is 0 Å². The van der Waals surface area contributed by atoms with Crippen LogP contribution in [0.4, 0.5) is 0 Å². The molecular weight excluding hydrogens is 320 g/mol. The first kappa shape index (κ1) is 12.9. The zero-order valence-corrected chi connectivity index (χ0v) is 10.6. The molecule has 0 radical (unpaired) electrons. The van der Waals surface area contributed by atoms with Gasteiger partial charge in [-0.25, -0.2) is 0 Å². The van der Waals surface area contributed by atoms with Crippen molar-refractivity contribution in [1.82, 2.24) is 0 Å². The van der Waals surface area contributed by atoms with Crippen LogP contribution in [0.1, 0.15) is 12.8 Å². The van der Waals surface area contributed by atoms with Gasteiger partial charge in [0.25, 0.3) is 0 Å². The van der Waals surface area contributed by atoms with E-state index >= 15 is 0 Å². The number of hydrogen-bond acceptors (Lipinski definition) is 4. The fraction of sp³-hybridized carbons (Fsp3) is 1.00. The highest BCUT2D eigenvalue weighted by Crippen LogP contribution is 2.39. The van der Waals surface area contributed by atoms with Crippen molar-refractivity contribution in [3.63, 3.8) is 0 Å². The van der Waals surface area contributed by atoms with Crippen molar-refractivity contribution in [2.24, 2.45) is 11.8 Å². The van der Waals surface area contributed by atoms with E-state index in [9.17, 15) is 0 Å². The van der Waals surface area contributed by atoms with Crippen molar-refractivity contribution in [3.05, 3.63) is 0 Å². The maximum absolute atomic E-state index is 9.07. The molecule has 14 heavy (non-hydrogen) atoms. The van der Waals surface area contributed by atoms with Gasteiger partial charge in [0, 0.05) is 21.5 Å². The summed E-state index contributed by atoms with van der Waals surface area (Å²) < 4.78 is 0. The smallest absolute Gasteiger partial charge is 0.155 e. The average molecular weight is 334 g/mol. The van der Waals surface area contributed by atoms with E-state index in [1.165, 1.54) is 0 Å². The molecule has 0 aliphatic heterocycles. The monoisotopic (exact) mass is 332 g/mol. The first-order valence-electron chi connectivity index (χ1n) is 4.44. The third kappa shape index (κ3) is 2.90. The molecule has 1 aliphatic carbocycles. The van der Waals surface area contributed by atoms with Crippen LogP contribution in [0.3, 0.4) is 0 Å². The first-order chi connectivity index (χ1) is 6.43. The Balaban J connectivity index is 2.62. The normalized spacial score (nSPS) is 39.4. The van der Waals surface area contributed by atoms with E-state index in [4.69, 9.17) is 20.4 Å². The molecule has 4 N–H and O–H groups in total. The second kappa shape index (κ2) is 5.23. The molecule has 4 nitrogen and oxygen atoms in total. The van der Waals surface area contributed by atoms with Crippen LogP contribution in [-0.4, -0.2) is 42.7 Å². The third-order valence-electron chi connectivity index (χ3n) is 2.69. The van der Waals surface area contributed by atoms with Gasteiger partial charge in [-0.05, 0) is 12.8 Å². The Morgan fingerprint density at radius 1 is 0.786 bits per heavy atom. The molecule has 0 saturated heterocycles. The summed E-state index contributed by atoms with van der Waals surface area (Å²) in [7, 11) is 0. The lowest BCUT2D eigenvalue weighted by Crippen LogP contribution is -2.43. The second-order valence-electron chi connectivity index (χ2n) is 3.66. The minimum Gasteiger partial charge on any atom is -0.368 e. The Labute approximate surface area is 99.2 Å². The molecule has 4 atom stereocenters. The third-order valence-corrected chi connectivity index (χ3v) is 4.80. The van der Waals surface area contributed by atoms with E-state index in [0.29, 0.717) is 12.8 Å². The van der Waals surface area contributed by atoms with Crippen molar-refractivity contribution in [3.8, 4) is 0 Å². The van der Waals surface area contributed by atoms with Gasteiger partial charge in [-0.2, -0.15) is 0 Å². The van der Waals surface area contributed by atoms with Crippen LogP contribution in [0.5, 0.6) is 0 Å². The van der Waals surface area contributed by atoms with Crippen LogP contribution in [0.2, 0.25) is 0 Å². The summed E-state index contributed by atoms with van der Waals surface area (Å²) in [4.78, 5) is -0.189. The largest absolute Gasteiger partial charge is 0.368 e. The van der Waals surface area contributed by atoms with Gasteiger partial charge < -0.3 is 20.4 Å². The lowest BCUT2D eigenvalue weighted by molar-refractivity contribution is -0.120. The molecular formula is C8H14Br2O4. The fourth-order valence-corrected chi connectivity index (χ4v) is 3.62. The SMILES string of the molecule is OC(O)C1CC(Br)C(C(O)O)CC1Br. The molecule has 1 rings (SSSR count). The van der Waals surface area contributed by atoms with Crippen molar-refractivity contribution in [1.29, 1.82) is 0 Å². The van der Waals surface area contributed by atoms with Gasteiger partial charge >= 0.3 is 0 Å². The summed E-state index contributed by atoms with van der Waals surface area (Å²) in [6, 6.07) is 0. The van der Waals surface area contributed by atoms with Crippen molar-refractivity contribution in [2.75, 3.05) is 0 Å². The zero-order valence-electron chi connectivity index (χ0n) is 7.42. The van der Waals surface area contributed by atoms with Crippen LogP contribution >= 0.6 is 31.9 Å². The predicted octanol–water partition coefficient (Wildman–Crippen LogP) is 0.161. The van der Waals surface area contributed by atoms with Crippen molar-refractivity contribution >= 4 is 31.9 Å². The Kier molecular flexibility index (Phi) is 4.80. The highest BCUT2D eigenvalue weighted by Gasteiger charge is 2.40. The molecule has 0 aromatic carbocycles. The molecule has 1 fully saturated rings. The summed E-state index contributed by atoms with van der Waals surface area (Å²) in [6.07, 6.45) is -1.71. The number of aliphatic hydroxyl groups excluding tert-OH is 2. The number of aliphatic hydroxyl groups is 4. The summed E-state index contributed by atoms with van der Waals surface area (Å²) in [5.74, 6) is -0.538. The Morgan fingerprint density at radius 3 is 1.29 bits per heavy atom. The summed E-state index contributed by atoms with van der Waals surface area (Å²) in [5, 5.41) is 36.3. The second-order valence-corrected chi connectivity index (χ2v) is 6.01. The molecule has 0 bridgehead atoms. The van der Waals surface area contributed by atoms with Gasteiger partial charge in [-0.3, -0.25) is 0 Å². The quantitative estimate of drug-likeness (QED) is 0.429. The minimum absolute atomic E-state index is 0.0944. The van der Waals surface area contributed by atoms with Crippen molar-refractivity contribution < 1.29 is 20.4 Å². The van der Waals surface area contributed by atoms with Gasteiger partial charge in [0.2, 0.25) is 0 Å². The molecule has 4 unspecified atom stereocenters. The van der Waals surface area contributed by atoms with E-state index in [1.807, 2.05) is 0 Å².